The standard InChI is InChI=1S/C36H48O5/c1-22(8-13-33(40)41-21-32(39)25-10-9-23-6-4-5-7-24(23)18-25)28-11-12-29-34-30(15-17-36(28,29)3)35(2)16-14-27(37)19-26(35)20-31(34)38/h4-7,9-10,18,22,26-31,34,37-38H,8,11-17,19-21H2,1-3H3/t22-,26+,27-,28-,29+,30+,31+,34+,35+,36-/m1/s1. The molecule has 41 heavy (non-hydrogen) atoms. The highest BCUT2D eigenvalue weighted by Gasteiger charge is 2.62. The largest absolute Gasteiger partial charge is 0.457 e. The van der Waals surface area contributed by atoms with Gasteiger partial charge in [-0.1, -0.05) is 57.2 Å². The molecule has 0 heterocycles. The van der Waals surface area contributed by atoms with Crippen molar-refractivity contribution in [2.75, 3.05) is 6.61 Å². The second-order valence-corrected chi connectivity index (χ2v) is 14.6. The zero-order valence-electron chi connectivity index (χ0n) is 25.1. The van der Waals surface area contributed by atoms with Crippen LogP contribution >= 0.6 is 0 Å². The molecule has 4 saturated carbocycles. The summed E-state index contributed by atoms with van der Waals surface area (Å²) in [5, 5.41) is 23.9. The van der Waals surface area contributed by atoms with Gasteiger partial charge >= 0.3 is 5.97 Å². The molecule has 2 N–H and O–H groups in total. The van der Waals surface area contributed by atoms with E-state index in [1.807, 2.05) is 36.4 Å². The van der Waals surface area contributed by atoms with Crippen LogP contribution in [0, 0.1) is 46.3 Å². The summed E-state index contributed by atoms with van der Waals surface area (Å²) in [6, 6.07) is 13.5. The van der Waals surface area contributed by atoms with E-state index in [0.717, 1.165) is 55.7 Å². The lowest BCUT2D eigenvalue weighted by atomic mass is 9.43. The fraction of sp³-hybridized carbons (Fsp3) is 0.667. The van der Waals surface area contributed by atoms with Crippen molar-refractivity contribution in [2.45, 2.75) is 97.2 Å². The number of aliphatic hydroxyl groups is 2. The number of rotatable bonds is 7. The zero-order chi connectivity index (χ0) is 28.9. The SMILES string of the molecule is C[C@H](CCC(=O)OCC(=O)c1ccc2ccccc2c1)[C@H]1CC[C@H]2[C@@H]3[C@@H](O)C[C@@H]4C[C@H](O)CC[C@]4(C)[C@H]3CC[C@]12C. The fourth-order valence-electron chi connectivity index (χ4n) is 10.4. The van der Waals surface area contributed by atoms with Gasteiger partial charge < -0.3 is 14.9 Å². The van der Waals surface area contributed by atoms with Crippen molar-refractivity contribution in [1.29, 1.82) is 0 Å². The van der Waals surface area contributed by atoms with E-state index < -0.39 is 0 Å². The van der Waals surface area contributed by atoms with Crippen LogP contribution in [0.2, 0.25) is 0 Å². The topological polar surface area (TPSA) is 83.8 Å². The third-order valence-corrected chi connectivity index (χ3v) is 12.7. The minimum atomic E-state index is -0.296. The highest BCUT2D eigenvalue weighted by atomic mass is 16.5. The molecule has 10 atom stereocenters. The van der Waals surface area contributed by atoms with Gasteiger partial charge in [0.25, 0.3) is 0 Å². The fourth-order valence-corrected chi connectivity index (χ4v) is 10.4. The lowest BCUT2D eigenvalue weighted by Gasteiger charge is -2.62. The van der Waals surface area contributed by atoms with Crippen LogP contribution in [0.3, 0.4) is 0 Å². The number of benzene rings is 2. The number of esters is 1. The number of carbonyl (C=O) groups excluding carboxylic acids is 2. The first-order chi connectivity index (χ1) is 19.6. The average molecular weight is 561 g/mol. The predicted molar refractivity (Wildman–Crippen MR) is 160 cm³/mol. The van der Waals surface area contributed by atoms with E-state index in [0.29, 0.717) is 47.5 Å². The highest BCUT2D eigenvalue weighted by molar-refractivity contribution is 6.01. The first-order valence-corrected chi connectivity index (χ1v) is 16.1. The summed E-state index contributed by atoms with van der Waals surface area (Å²) in [7, 11) is 0. The Morgan fingerprint density at radius 1 is 0.927 bits per heavy atom. The van der Waals surface area contributed by atoms with Gasteiger partial charge in [0.2, 0.25) is 0 Å². The molecule has 5 nitrogen and oxygen atoms in total. The lowest BCUT2D eigenvalue weighted by Crippen LogP contribution is -2.58. The molecule has 0 aliphatic heterocycles. The Morgan fingerprint density at radius 2 is 1.66 bits per heavy atom. The number of aliphatic hydroxyl groups excluding tert-OH is 2. The quantitative estimate of drug-likeness (QED) is 0.282. The Balaban J connectivity index is 1.04. The van der Waals surface area contributed by atoms with Gasteiger partial charge in [-0.25, -0.2) is 0 Å². The molecule has 0 saturated heterocycles. The van der Waals surface area contributed by atoms with Crippen molar-refractivity contribution in [3.63, 3.8) is 0 Å². The van der Waals surface area contributed by atoms with Crippen molar-refractivity contribution in [2.24, 2.45) is 46.3 Å². The molecule has 0 bridgehead atoms. The van der Waals surface area contributed by atoms with Crippen LogP contribution < -0.4 is 0 Å². The molecular formula is C36H48O5. The number of carbonyl (C=O) groups is 2. The Labute approximate surface area is 245 Å². The Bertz CT molecular complexity index is 1290. The van der Waals surface area contributed by atoms with E-state index >= 15 is 0 Å². The van der Waals surface area contributed by atoms with Crippen LogP contribution in [0.25, 0.3) is 10.8 Å². The Morgan fingerprint density at radius 3 is 2.46 bits per heavy atom. The van der Waals surface area contributed by atoms with Gasteiger partial charge in [-0.15, -0.1) is 0 Å². The summed E-state index contributed by atoms with van der Waals surface area (Å²) in [4.78, 5) is 25.4. The summed E-state index contributed by atoms with van der Waals surface area (Å²) < 4.78 is 5.43. The molecule has 0 unspecified atom stereocenters. The lowest BCUT2D eigenvalue weighted by molar-refractivity contribution is -0.174. The number of ketones is 1. The van der Waals surface area contributed by atoms with Crippen molar-refractivity contribution >= 4 is 22.5 Å². The smallest absolute Gasteiger partial charge is 0.306 e. The van der Waals surface area contributed by atoms with E-state index in [1.165, 1.54) is 12.8 Å². The van der Waals surface area contributed by atoms with E-state index in [2.05, 4.69) is 20.8 Å². The second-order valence-electron chi connectivity index (χ2n) is 14.6. The van der Waals surface area contributed by atoms with Crippen molar-refractivity contribution in [1.82, 2.24) is 0 Å². The van der Waals surface area contributed by atoms with Crippen LogP contribution in [-0.2, 0) is 9.53 Å². The van der Waals surface area contributed by atoms with Crippen LogP contribution in [0.1, 0.15) is 95.3 Å². The highest BCUT2D eigenvalue weighted by Crippen LogP contribution is 2.68. The summed E-state index contributed by atoms with van der Waals surface area (Å²) in [5.74, 6) is 2.32. The maximum atomic E-state index is 12.7. The number of ether oxygens (including phenoxy) is 1. The van der Waals surface area contributed by atoms with Crippen LogP contribution in [0.4, 0.5) is 0 Å². The summed E-state index contributed by atoms with van der Waals surface area (Å²) >= 11 is 0. The zero-order valence-corrected chi connectivity index (χ0v) is 25.1. The van der Waals surface area contributed by atoms with Crippen molar-refractivity contribution in [3.05, 3.63) is 48.0 Å². The molecule has 6 rings (SSSR count). The summed E-state index contributed by atoms with van der Waals surface area (Å²) in [5.41, 5.74) is 0.997. The van der Waals surface area contributed by atoms with Gasteiger partial charge in [-0.05, 0) is 121 Å². The first-order valence-electron chi connectivity index (χ1n) is 16.1. The number of Topliss-reactive ketones (excluding diaryl/α,β-unsaturated/α-hetero) is 1. The second kappa shape index (κ2) is 11.1. The molecule has 4 aliphatic rings. The number of fused-ring (bicyclic) bond motifs is 6. The van der Waals surface area contributed by atoms with Crippen molar-refractivity contribution < 1.29 is 24.5 Å². The molecule has 5 heteroatoms. The van der Waals surface area contributed by atoms with E-state index in [-0.39, 0.29) is 41.4 Å². The third-order valence-electron chi connectivity index (χ3n) is 12.7. The molecule has 4 aliphatic carbocycles. The molecule has 0 aromatic heterocycles. The Kier molecular flexibility index (Phi) is 7.82. The first kappa shape index (κ1) is 28.9. The molecule has 2 aromatic rings. The van der Waals surface area contributed by atoms with Gasteiger partial charge in [0.05, 0.1) is 12.2 Å². The normalized spacial score (nSPS) is 38.9. The molecular weight excluding hydrogens is 512 g/mol. The molecule has 2 aromatic carbocycles. The predicted octanol–water partition coefficient (Wildman–Crippen LogP) is 6.97. The monoisotopic (exact) mass is 560 g/mol. The van der Waals surface area contributed by atoms with E-state index in [1.54, 1.807) is 6.07 Å². The maximum Gasteiger partial charge on any atom is 0.306 e. The average Bonchev–Trinajstić information content (AvgIpc) is 3.32. The molecule has 222 valence electrons. The van der Waals surface area contributed by atoms with Crippen LogP contribution in [0.15, 0.2) is 42.5 Å². The minimum Gasteiger partial charge on any atom is -0.457 e. The van der Waals surface area contributed by atoms with Gasteiger partial charge in [0.15, 0.2) is 12.4 Å². The maximum absolute atomic E-state index is 12.7. The van der Waals surface area contributed by atoms with Gasteiger partial charge in [0.1, 0.15) is 0 Å². The van der Waals surface area contributed by atoms with E-state index in [4.69, 9.17) is 4.74 Å². The van der Waals surface area contributed by atoms with Crippen LogP contribution in [-0.4, -0.2) is 40.8 Å². The van der Waals surface area contributed by atoms with Crippen LogP contribution in [0.5, 0.6) is 0 Å². The minimum absolute atomic E-state index is 0.172. The molecule has 0 amide bonds. The Hall–Kier alpha value is -2.24. The van der Waals surface area contributed by atoms with Crippen molar-refractivity contribution in [3.8, 4) is 0 Å². The van der Waals surface area contributed by atoms with Gasteiger partial charge in [-0.2, -0.15) is 0 Å². The van der Waals surface area contributed by atoms with Gasteiger partial charge in [0, 0.05) is 12.0 Å². The summed E-state index contributed by atoms with van der Waals surface area (Å²) in [6.07, 6.45) is 8.99. The van der Waals surface area contributed by atoms with E-state index in [9.17, 15) is 19.8 Å². The number of hydrogen-bond donors (Lipinski definition) is 2. The third kappa shape index (κ3) is 5.16. The van der Waals surface area contributed by atoms with Gasteiger partial charge in [-0.3, -0.25) is 9.59 Å². The number of hydrogen-bond acceptors (Lipinski definition) is 5. The molecule has 0 spiro atoms. The molecule has 0 radical (unpaired) electrons. The molecule has 4 fully saturated rings. The summed E-state index contributed by atoms with van der Waals surface area (Å²) in [6.45, 7) is 7.00.